The smallest absolute Gasteiger partial charge is 0.269 e. The first-order chi connectivity index (χ1) is 10.2. The van der Waals surface area contributed by atoms with Gasteiger partial charge in [-0.2, -0.15) is 0 Å². The number of fused-ring (bicyclic) bond motifs is 5. The van der Waals surface area contributed by atoms with E-state index in [-0.39, 0.29) is 11.4 Å². The van der Waals surface area contributed by atoms with Crippen LogP contribution in [0, 0.1) is 0 Å². The Balaban J connectivity index is 2.38. The Labute approximate surface area is 119 Å². The van der Waals surface area contributed by atoms with Gasteiger partial charge >= 0.3 is 0 Å². The number of nitrogens with two attached hydrogens (primary N) is 1. The monoisotopic (exact) mass is 277 g/mol. The van der Waals surface area contributed by atoms with Crippen molar-refractivity contribution in [2.45, 2.75) is 0 Å². The summed E-state index contributed by atoms with van der Waals surface area (Å²) in [6.45, 7) is 0. The summed E-state index contributed by atoms with van der Waals surface area (Å²) in [6.07, 6.45) is 0. The molecule has 5 nitrogen and oxygen atoms in total. The third kappa shape index (κ3) is 1.51. The Morgan fingerprint density at radius 2 is 1.81 bits per heavy atom. The molecule has 0 unspecified atom stereocenters. The molecule has 1 amide bonds. The van der Waals surface area contributed by atoms with E-state index in [1.165, 1.54) is 0 Å². The number of pyridine rings is 1. The van der Waals surface area contributed by atoms with E-state index >= 15 is 0 Å². The van der Waals surface area contributed by atoms with Crippen LogP contribution in [0.1, 0.15) is 10.5 Å². The van der Waals surface area contributed by atoms with Crippen LogP contribution >= 0.6 is 0 Å². The molecule has 0 saturated carbocycles. The molecule has 0 fully saturated rings. The number of hydrogen-bond acceptors (Lipinski definition) is 3. The summed E-state index contributed by atoms with van der Waals surface area (Å²) in [7, 11) is 0. The van der Waals surface area contributed by atoms with Gasteiger partial charge in [-0.15, -0.1) is 0 Å². The van der Waals surface area contributed by atoms with Crippen molar-refractivity contribution in [2.75, 3.05) is 0 Å². The lowest BCUT2D eigenvalue weighted by molar-refractivity contribution is 0.0997. The number of aromatic amines is 1. The number of amides is 1. The number of aromatic hydroxyl groups is 1. The number of aromatic nitrogens is 2. The van der Waals surface area contributed by atoms with Crippen LogP contribution in [0.5, 0.6) is 5.75 Å². The molecule has 2 heterocycles. The molecule has 4 rings (SSSR count). The van der Waals surface area contributed by atoms with Gasteiger partial charge in [0.25, 0.3) is 5.91 Å². The number of rotatable bonds is 1. The molecule has 4 N–H and O–H groups in total. The molecule has 0 bridgehead atoms. The number of para-hydroxylation sites is 2. The number of H-pyrrole nitrogens is 1. The Morgan fingerprint density at radius 3 is 2.62 bits per heavy atom. The highest BCUT2D eigenvalue weighted by Gasteiger charge is 2.17. The van der Waals surface area contributed by atoms with E-state index in [4.69, 9.17) is 5.73 Å². The fourth-order valence-corrected chi connectivity index (χ4v) is 2.80. The molecule has 2 aromatic heterocycles. The maximum atomic E-state index is 11.7. The zero-order valence-corrected chi connectivity index (χ0v) is 10.9. The molecule has 21 heavy (non-hydrogen) atoms. The van der Waals surface area contributed by atoms with Crippen LogP contribution in [0.15, 0.2) is 42.5 Å². The van der Waals surface area contributed by atoms with Crippen LogP contribution in [0.2, 0.25) is 0 Å². The van der Waals surface area contributed by atoms with Crippen LogP contribution in [0.4, 0.5) is 0 Å². The summed E-state index contributed by atoms with van der Waals surface area (Å²) in [4.78, 5) is 19.1. The topological polar surface area (TPSA) is 92.0 Å². The maximum absolute atomic E-state index is 11.7. The third-order valence-corrected chi connectivity index (χ3v) is 3.69. The third-order valence-electron chi connectivity index (χ3n) is 3.69. The Hall–Kier alpha value is -3.08. The number of phenols is 1. The first-order valence-electron chi connectivity index (χ1n) is 6.48. The summed E-state index contributed by atoms with van der Waals surface area (Å²) in [5, 5.41) is 12.6. The molecule has 0 spiro atoms. The van der Waals surface area contributed by atoms with Crippen molar-refractivity contribution in [1.29, 1.82) is 0 Å². The van der Waals surface area contributed by atoms with Crippen molar-refractivity contribution in [3.05, 3.63) is 48.2 Å². The highest BCUT2D eigenvalue weighted by molar-refractivity contribution is 6.24. The normalized spacial score (nSPS) is 11.4. The van der Waals surface area contributed by atoms with Gasteiger partial charge in [-0.25, -0.2) is 4.98 Å². The zero-order valence-electron chi connectivity index (χ0n) is 10.9. The molecule has 0 radical (unpaired) electrons. The van der Waals surface area contributed by atoms with E-state index in [1.54, 1.807) is 12.1 Å². The standard InChI is InChI=1S/C16H11N3O2/c17-16(21)15-14-12(8-4-1-2-6-10(8)18-15)9-5-3-7-11(20)13(9)19-14/h1-7,19-20H,(H2,17,21). The number of carbonyl (C=O) groups excluding carboxylic acids is 1. The molecule has 0 aliphatic carbocycles. The number of nitrogens with one attached hydrogen (secondary N) is 1. The van der Waals surface area contributed by atoms with Crippen LogP contribution in [-0.4, -0.2) is 21.0 Å². The molecule has 0 atom stereocenters. The maximum Gasteiger partial charge on any atom is 0.269 e. The van der Waals surface area contributed by atoms with Gasteiger partial charge in [0, 0.05) is 16.2 Å². The van der Waals surface area contributed by atoms with Gasteiger partial charge in [-0.1, -0.05) is 30.3 Å². The van der Waals surface area contributed by atoms with Gasteiger partial charge in [0.1, 0.15) is 5.75 Å². The highest BCUT2D eigenvalue weighted by Crippen LogP contribution is 2.36. The minimum atomic E-state index is -0.600. The van der Waals surface area contributed by atoms with Crippen molar-refractivity contribution in [3.8, 4) is 5.75 Å². The summed E-state index contributed by atoms with van der Waals surface area (Å²) in [5.74, 6) is -0.472. The van der Waals surface area contributed by atoms with Gasteiger partial charge in [-0.3, -0.25) is 4.79 Å². The number of phenolic OH excluding ortho intramolecular Hbond substituents is 1. The predicted molar refractivity (Wildman–Crippen MR) is 81.3 cm³/mol. The summed E-state index contributed by atoms with van der Waals surface area (Å²) < 4.78 is 0. The molecule has 5 heteroatoms. The van der Waals surface area contributed by atoms with Crippen molar-refractivity contribution < 1.29 is 9.90 Å². The van der Waals surface area contributed by atoms with E-state index in [2.05, 4.69) is 9.97 Å². The van der Waals surface area contributed by atoms with Gasteiger partial charge in [0.05, 0.1) is 16.6 Å². The molecule has 0 aliphatic heterocycles. The van der Waals surface area contributed by atoms with Crippen molar-refractivity contribution >= 4 is 38.6 Å². The van der Waals surface area contributed by atoms with Crippen molar-refractivity contribution in [1.82, 2.24) is 9.97 Å². The lowest BCUT2D eigenvalue weighted by Gasteiger charge is -2.03. The lowest BCUT2D eigenvalue weighted by Crippen LogP contribution is -2.13. The first kappa shape index (κ1) is 11.7. The molecular formula is C16H11N3O2. The van der Waals surface area contributed by atoms with Crippen LogP contribution < -0.4 is 5.73 Å². The van der Waals surface area contributed by atoms with Gasteiger partial charge in [0.2, 0.25) is 0 Å². The minimum absolute atomic E-state index is 0.128. The van der Waals surface area contributed by atoms with E-state index in [0.717, 1.165) is 16.2 Å². The number of hydrogen-bond donors (Lipinski definition) is 3. The predicted octanol–water partition coefficient (Wildman–Crippen LogP) is 2.67. The van der Waals surface area contributed by atoms with Crippen molar-refractivity contribution in [3.63, 3.8) is 0 Å². The van der Waals surface area contributed by atoms with Crippen molar-refractivity contribution in [2.24, 2.45) is 5.73 Å². The Kier molecular flexibility index (Phi) is 2.21. The molecule has 102 valence electrons. The minimum Gasteiger partial charge on any atom is -0.506 e. The van der Waals surface area contributed by atoms with Gasteiger partial charge in [-0.05, 0) is 12.1 Å². The number of primary amides is 1. The van der Waals surface area contributed by atoms with E-state index < -0.39 is 5.91 Å². The highest BCUT2D eigenvalue weighted by atomic mass is 16.3. The Morgan fingerprint density at radius 1 is 1.05 bits per heavy atom. The molecule has 0 saturated heterocycles. The zero-order chi connectivity index (χ0) is 14.6. The van der Waals surface area contributed by atoms with Gasteiger partial charge in [0.15, 0.2) is 5.69 Å². The SMILES string of the molecule is NC(=O)c1nc2ccccc2c2c1[nH]c1c(O)cccc12. The molecule has 2 aromatic carbocycles. The largest absolute Gasteiger partial charge is 0.506 e. The molecular weight excluding hydrogens is 266 g/mol. The fourth-order valence-electron chi connectivity index (χ4n) is 2.80. The van der Waals surface area contributed by atoms with Gasteiger partial charge < -0.3 is 15.8 Å². The average Bonchev–Trinajstić information content (AvgIpc) is 2.87. The second-order valence-corrected chi connectivity index (χ2v) is 4.92. The quantitative estimate of drug-likeness (QED) is 0.499. The van der Waals surface area contributed by atoms with E-state index in [1.807, 2.05) is 30.3 Å². The molecule has 0 aliphatic rings. The fraction of sp³-hybridized carbons (Fsp3) is 0. The van der Waals surface area contributed by atoms with E-state index in [0.29, 0.717) is 16.6 Å². The number of benzene rings is 2. The van der Waals surface area contributed by atoms with Crippen LogP contribution in [0.25, 0.3) is 32.7 Å². The number of carbonyl (C=O) groups is 1. The average molecular weight is 277 g/mol. The Bertz CT molecular complexity index is 1030. The summed E-state index contributed by atoms with van der Waals surface area (Å²) >= 11 is 0. The van der Waals surface area contributed by atoms with E-state index in [9.17, 15) is 9.90 Å². The second-order valence-electron chi connectivity index (χ2n) is 4.92. The summed E-state index contributed by atoms with van der Waals surface area (Å²) in [6, 6.07) is 12.8. The first-order valence-corrected chi connectivity index (χ1v) is 6.48. The lowest BCUT2D eigenvalue weighted by atomic mass is 10.1. The van der Waals surface area contributed by atoms with Crippen LogP contribution in [0.3, 0.4) is 0 Å². The second kappa shape index (κ2) is 3.96. The summed E-state index contributed by atoms with van der Waals surface area (Å²) in [5.41, 5.74) is 7.45. The number of nitrogens with zero attached hydrogens (tertiary/aromatic N) is 1. The molecule has 4 aromatic rings. The van der Waals surface area contributed by atoms with Crippen LogP contribution in [-0.2, 0) is 0 Å².